The average Bonchev–Trinajstić information content (AvgIpc) is 3.14. The van der Waals surface area contributed by atoms with Gasteiger partial charge in [-0.15, -0.1) is 0 Å². The van der Waals surface area contributed by atoms with E-state index in [1.54, 1.807) is 0 Å². The maximum atomic E-state index is 12.2. The summed E-state index contributed by atoms with van der Waals surface area (Å²) in [5.74, 6) is 0.579. The van der Waals surface area contributed by atoms with Crippen molar-refractivity contribution in [3.8, 4) is 0 Å². The van der Waals surface area contributed by atoms with E-state index in [-0.39, 0.29) is 12.5 Å². The second-order valence-electron chi connectivity index (χ2n) is 8.83. The molecule has 1 aliphatic rings. The van der Waals surface area contributed by atoms with Gasteiger partial charge in [-0.2, -0.15) is 0 Å². The molecule has 2 N–H and O–H groups in total. The van der Waals surface area contributed by atoms with Crippen molar-refractivity contribution in [2.45, 2.75) is 87.0 Å². The molecule has 33 heavy (non-hydrogen) atoms. The minimum Gasteiger partial charge on any atom is -0.344 e. The second-order valence-corrected chi connectivity index (χ2v) is 8.83. The Hall–Kier alpha value is -1.79. The zero-order chi connectivity index (χ0) is 26.1. The molecule has 1 rings (SSSR count). The van der Waals surface area contributed by atoms with Crippen molar-refractivity contribution in [3.63, 3.8) is 0 Å². The lowest BCUT2D eigenvalue weighted by atomic mass is 10.1. The van der Waals surface area contributed by atoms with Gasteiger partial charge in [0.05, 0.1) is 6.54 Å². The highest BCUT2D eigenvalue weighted by Crippen LogP contribution is 2.22. The zero-order valence-electron chi connectivity index (χ0n) is 23.4. The van der Waals surface area contributed by atoms with Gasteiger partial charge in [0, 0.05) is 18.7 Å². The summed E-state index contributed by atoms with van der Waals surface area (Å²) >= 11 is 0. The third-order valence-corrected chi connectivity index (χ3v) is 3.67. The van der Waals surface area contributed by atoms with Gasteiger partial charge in [0.2, 0.25) is 0 Å². The van der Waals surface area contributed by atoms with E-state index in [9.17, 15) is 9.59 Å². The molecule has 0 bridgehead atoms. The van der Waals surface area contributed by atoms with Gasteiger partial charge in [0.15, 0.2) is 0 Å². The lowest BCUT2D eigenvalue weighted by Gasteiger charge is -2.17. The number of aldehydes is 1. The van der Waals surface area contributed by atoms with Crippen molar-refractivity contribution in [3.05, 3.63) is 23.4 Å². The Labute approximate surface area is 205 Å². The predicted molar refractivity (Wildman–Crippen MR) is 146 cm³/mol. The number of nitrogens with one attached hydrogen (secondary N) is 2. The Kier molecular flexibility index (Phi) is 28.7. The van der Waals surface area contributed by atoms with Crippen LogP contribution in [0.25, 0.3) is 0 Å². The van der Waals surface area contributed by atoms with Crippen LogP contribution in [-0.4, -0.2) is 63.6 Å². The number of likely N-dealkylation sites (N-methyl/N-ethyl adjacent to an activating group) is 1. The highest BCUT2D eigenvalue weighted by Gasteiger charge is 2.22. The van der Waals surface area contributed by atoms with Crippen LogP contribution in [0.2, 0.25) is 0 Å². The lowest BCUT2D eigenvalue weighted by molar-refractivity contribution is -0.119. The molecule has 0 spiro atoms. The first-order valence-corrected chi connectivity index (χ1v) is 12.6. The van der Waals surface area contributed by atoms with Gasteiger partial charge in [0.1, 0.15) is 12.0 Å². The number of allylic oxidation sites excluding steroid dienone is 2. The van der Waals surface area contributed by atoms with Crippen LogP contribution < -0.4 is 10.6 Å². The summed E-state index contributed by atoms with van der Waals surface area (Å²) in [5, 5.41) is 5.34. The van der Waals surface area contributed by atoms with E-state index in [0.717, 1.165) is 56.0 Å². The molecule has 0 fully saturated rings. The summed E-state index contributed by atoms with van der Waals surface area (Å²) in [6.07, 6.45) is 11.2. The number of aliphatic imine (C=N–C) groups is 1. The third-order valence-electron chi connectivity index (χ3n) is 3.67. The van der Waals surface area contributed by atoms with Crippen LogP contribution in [0.3, 0.4) is 0 Å². The van der Waals surface area contributed by atoms with Crippen molar-refractivity contribution >= 4 is 17.9 Å². The van der Waals surface area contributed by atoms with Crippen molar-refractivity contribution in [1.29, 1.82) is 0 Å². The summed E-state index contributed by atoms with van der Waals surface area (Å²) in [6.45, 7) is 16.8. The topological polar surface area (TPSA) is 73.8 Å². The largest absolute Gasteiger partial charge is 0.344 e. The van der Waals surface area contributed by atoms with Crippen LogP contribution in [0.5, 0.6) is 0 Å². The number of rotatable bonds is 11. The van der Waals surface area contributed by atoms with Gasteiger partial charge in [-0.1, -0.05) is 73.8 Å². The first kappa shape index (κ1) is 35.8. The Balaban J connectivity index is -0.000000761. The molecule has 0 atom stereocenters. The van der Waals surface area contributed by atoms with Gasteiger partial charge in [-0.3, -0.25) is 4.79 Å². The Morgan fingerprint density at radius 1 is 1.12 bits per heavy atom. The third kappa shape index (κ3) is 24.7. The highest BCUT2D eigenvalue weighted by molar-refractivity contribution is 6.07. The molecule has 0 aromatic rings. The van der Waals surface area contributed by atoms with Crippen LogP contribution in [-0.2, 0) is 9.59 Å². The smallest absolute Gasteiger partial charge is 0.270 e. The second kappa shape index (κ2) is 26.5. The van der Waals surface area contributed by atoms with Crippen LogP contribution in [0, 0.1) is 5.92 Å². The molecular weight excluding hydrogens is 412 g/mol. The van der Waals surface area contributed by atoms with E-state index in [1.807, 2.05) is 20.2 Å². The van der Waals surface area contributed by atoms with Crippen LogP contribution >= 0.6 is 0 Å². The molecule has 1 aliphatic heterocycles. The van der Waals surface area contributed by atoms with Gasteiger partial charge in [-0.05, 0) is 58.1 Å². The summed E-state index contributed by atoms with van der Waals surface area (Å²) in [6, 6.07) is 0. The number of hydrogen-bond acceptors (Lipinski definition) is 5. The average molecular weight is 467 g/mol. The molecule has 0 aliphatic carbocycles. The van der Waals surface area contributed by atoms with Gasteiger partial charge >= 0.3 is 0 Å². The van der Waals surface area contributed by atoms with Gasteiger partial charge in [0.25, 0.3) is 5.91 Å². The first-order valence-electron chi connectivity index (χ1n) is 12.6. The molecule has 0 unspecified atom stereocenters. The molecule has 6 nitrogen and oxygen atoms in total. The molecule has 6 heteroatoms. The molecule has 1 amide bonds. The Morgan fingerprint density at radius 3 is 2.12 bits per heavy atom. The van der Waals surface area contributed by atoms with E-state index < -0.39 is 0 Å². The SMILES string of the molecule is CC(C)C.CCC.CCC/C=C/C1=NC(C(=O)NCC=O)=C(CN(C)CCCC)C1.CNC. The van der Waals surface area contributed by atoms with Crippen LogP contribution in [0.4, 0.5) is 0 Å². The Bertz CT molecular complexity index is 562. The standard InChI is InChI=1S/C18H29N3O2.C4H10.C3H8.C2H7N/c1-4-6-8-9-16-13-15(14-21(3)11-7-5-2)17(20-16)18(23)19-10-12-22;1-4(2)3;2*1-3-2/h8-9,12H,4-7,10-11,13-14H2,1-3H3,(H,19,23);4H,1-3H3;3H2,1-2H3;3H,1-2H3/b9-8+;;;. The molecular formula is C27H54N4O2. The summed E-state index contributed by atoms with van der Waals surface area (Å²) in [5.41, 5.74) is 2.43. The predicted octanol–water partition coefficient (Wildman–Crippen LogP) is 5.40. The maximum absolute atomic E-state index is 12.2. The number of carbonyl (C=O) groups excluding carboxylic acids is 2. The van der Waals surface area contributed by atoms with E-state index in [0.29, 0.717) is 18.4 Å². The van der Waals surface area contributed by atoms with Crippen molar-refractivity contribution in [2.24, 2.45) is 10.9 Å². The monoisotopic (exact) mass is 466 g/mol. The molecule has 0 saturated carbocycles. The van der Waals surface area contributed by atoms with E-state index in [4.69, 9.17) is 0 Å². The molecule has 0 aromatic heterocycles. The zero-order valence-corrected chi connectivity index (χ0v) is 23.4. The number of carbonyl (C=O) groups is 2. The molecule has 0 radical (unpaired) electrons. The van der Waals surface area contributed by atoms with Gasteiger partial charge < -0.3 is 20.3 Å². The number of hydrogen-bond donors (Lipinski definition) is 2. The highest BCUT2D eigenvalue weighted by atomic mass is 16.2. The van der Waals surface area contributed by atoms with E-state index in [1.165, 1.54) is 6.42 Å². The van der Waals surface area contributed by atoms with Crippen molar-refractivity contribution < 1.29 is 9.59 Å². The van der Waals surface area contributed by atoms with Crippen LogP contribution in [0.15, 0.2) is 28.4 Å². The number of unbranched alkanes of at least 4 members (excludes halogenated alkanes) is 2. The number of amides is 1. The fourth-order valence-electron chi connectivity index (χ4n) is 2.44. The minimum absolute atomic E-state index is 0.0256. The van der Waals surface area contributed by atoms with Crippen molar-refractivity contribution in [1.82, 2.24) is 15.5 Å². The maximum Gasteiger partial charge on any atom is 0.270 e. The molecule has 1 heterocycles. The Morgan fingerprint density at radius 2 is 1.67 bits per heavy atom. The summed E-state index contributed by atoms with van der Waals surface area (Å²) in [7, 11) is 5.81. The van der Waals surface area contributed by atoms with E-state index >= 15 is 0 Å². The fourth-order valence-corrected chi connectivity index (χ4v) is 2.44. The molecule has 0 saturated heterocycles. The fraction of sp³-hybridized carbons (Fsp3) is 0.741. The molecule has 194 valence electrons. The van der Waals surface area contributed by atoms with Crippen molar-refractivity contribution in [2.75, 3.05) is 40.8 Å². The normalized spacial score (nSPS) is 12.4. The number of nitrogens with zero attached hydrogens (tertiary/aromatic N) is 2. The lowest BCUT2D eigenvalue weighted by Crippen LogP contribution is -2.28. The van der Waals surface area contributed by atoms with E-state index in [2.05, 4.69) is 82.1 Å². The minimum atomic E-state index is -0.255. The van der Waals surface area contributed by atoms with Gasteiger partial charge in [-0.25, -0.2) is 4.99 Å². The summed E-state index contributed by atoms with van der Waals surface area (Å²) in [4.78, 5) is 29.4. The first-order chi connectivity index (χ1) is 15.7. The molecule has 0 aromatic carbocycles. The van der Waals surface area contributed by atoms with Crippen LogP contribution in [0.1, 0.15) is 87.0 Å². The quantitative estimate of drug-likeness (QED) is 0.400. The summed E-state index contributed by atoms with van der Waals surface area (Å²) < 4.78 is 0.